The number of benzene rings is 1. The Balaban J connectivity index is 1.97. The highest BCUT2D eigenvalue weighted by Gasteiger charge is 2.61. The molecule has 1 aliphatic heterocycles. The summed E-state index contributed by atoms with van der Waals surface area (Å²) in [6.45, 7) is -0.215. The Labute approximate surface area is 221 Å². The number of likely N-dealkylation sites (tertiary alicyclic amines) is 1. The van der Waals surface area contributed by atoms with Gasteiger partial charge in [0.1, 0.15) is 5.15 Å². The smallest absolute Gasteiger partial charge is 0.395 e. The van der Waals surface area contributed by atoms with Gasteiger partial charge in [-0.1, -0.05) is 41.9 Å². The van der Waals surface area contributed by atoms with E-state index < -0.39 is 42.1 Å². The number of nitrogens with zero attached hydrogens (tertiary/aromatic N) is 2. The van der Waals surface area contributed by atoms with Crippen LogP contribution in [-0.4, -0.2) is 59.1 Å². The van der Waals surface area contributed by atoms with E-state index in [0.29, 0.717) is 0 Å². The average molecular weight is 584 g/mol. The van der Waals surface area contributed by atoms with Crippen molar-refractivity contribution in [1.29, 1.82) is 0 Å². The molecule has 1 aliphatic rings. The average Bonchev–Trinajstić information content (AvgIpc) is 2.87. The number of ether oxygens (including phenoxy) is 3. The molecule has 2 aromatic rings. The minimum absolute atomic E-state index is 0.152. The van der Waals surface area contributed by atoms with E-state index in [1.54, 1.807) is 18.2 Å². The number of nitrogens with two attached hydrogens (primary N) is 1. The summed E-state index contributed by atoms with van der Waals surface area (Å²) >= 11 is 5.68. The van der Waals surface area contributed by atoms with Crippen LogP contribution in [0.2, 0.25) is 5.15 Å². The number of alkyl halides is 6. The van der Waals surface area contributed by atoms with Crippen molar-refractivity contribution in [2.45, 2.75) is 43.6 Å². The van der Waals surface area contributed by atoms with Crippen molar-refractivity contribution >= 4 is 29.4 Å². The van der Waals surface area contributed by atoms with Crippen LogP contribution in [0.25, 0.3) is 0 Å². The van der Waals surface area contributed by atoms with Crippen LogP contribution in [0.15, 0.2) is 42.5 Å². The summed E-state index contributed by atoms with van der Waals surface area (Å²) in [6, 6.07) is 10.3. The van der Waals surface area contributed by atoms with E-state index in [-0.39, 0.29) is 43.5 Å². The molecule has 212 valence electrons. The number of esters is 2. The fourth-order valence-electron chi connectivity index (χ4n) is 3.72. The molecule has 1 saturated heterocycles. The van der Waals surface area contributed by atoms with Gasteiger partial charge < -0.3 is 24.8 Å². The highest BCUT2D eigenvalue weighted by Crippen LogP contribution is 2.34. The molecule has 0 atom stereocenters. The zero-order valence-corrected chi connectivity index (χ0v) is 20.5. The molecule has 39 heavy (non-hydrogen) atoms. The summed E-state index contributed by atoms with van der Waals surface area (Å²) in [5.41, 5.74) is 7.32. The molecule has 1 aromatic heterocycles. The molecule has 1 aromatic carbocycles. The van der Waals surface area contributed by atoms with Crippen molar-refractivity contribution < 1.29 is 54.9 Å². The van der Waals surface area contributed by atoms with Gasteiger partial charge in [0.05, 0.1) is 0 Å². The Morgan fingerprint density at radius 2 is 1.51 bits per heavy atom. The third-order valence-electron chi connectivity index (χ3n) is 5.55. The molecule has 0 saturated carbocycles. The number of carbonyl (C=O) groups excluding carboxylic acids is 3. The van der Waals surface area contributed by atoms with Crippen molar-refractivity contribution in [3.8, 4) is 5.88 Å². The molecule has 2 heterocycles. The van der Waals surface area contributed by atoms with Gasteiger partial charge in [0.2, 0.25) is 5.88 Å². The lowest BCUT2D eigenvalue weighted by Gasteiger charge is -2.37. The first kappa shape index (κ1) is 30.0. The van der Waals surface area contributed by atoms with Crippen LogP contribution < -0.4 is 10.5 Å². The minimum Gasteiger partial charge on any atom is -0.395 e. The largest absolute Gasteiger partial charge is 0.509 e. The van der Waals surface area contributed by atoms with Crippen LogP contribution in [0.5, 0.6) is 5.88 Å². The lowest BCUT2D eigenvalue weighted by molar-refractivity contribution is -0.322. The van der Waals surface area contributed by atoms with Gasteiger partial charge in [-0.2, -0.15) is 26.3 Å². The van der Waals surface area contributed by atoms with E-state index in [0.717, 1.165) is 34.2 Å². The van der Waals surface area contributed by atoms with E-state index in [1.807, 2.05) is 6.07 Å². The molecule has 0 spiro atoms. The lowest BCUT2D eigenvalue weighted by atomic mass is 9.88. The number of carbonyl (C=O) groups is 3. The summed E-state index contributed by atoms with van der Waals surface area (Å²) in [7, 11) is 0. The Bertz CT molecular complexity index is 1190. The fourth-order valence-corrected chi connectivity index (χ4v) is 3.88. The maximum absolute atomic E-state index is 13.4. The van der Waals surface area contributed by atoms with E-state index in [1.165, 1.54) is 0 Å². The lowest BCUT2D eigenvalue weighted by Crippen LogP contribution is -2.61. The minimum atomic E-state index is -5.82. The second-order valence-corrected chi connectivity index (χ2v) is 8.63. The maximum atomic E-state index is 13.4. The van der Waals surface area contributed by atoms with Gasteiger partial charge in [-0.05, 0) is 36.0 Å². The summed E-state index contributed by atoms with van der Waals surface area (Å²) in [6.07, 6.45) is -11.2. The second-order valence-electron chi connectivity index (χ2n) is 8.25. The first-order valence-electron chi connectivity index (χ1n) is 11.1. The summed E-state index contributed by atoms with van der Waals surface area (Å²) < 4.78 is 91.6. The molecule has 1 amide bonds. The summed E-state index contributed by atoms with van der Waals surface area (Å²) in [5, 5.41) is -0.362. The first-order valence-corrected chi connectivity index (χ1v) is 11.5. The number of pyridine rings is 1. The predicted molar refractivity (Wildman–Crippen MR) is 120 cm³/mol. The van der Waals surface area contributed by atoms with E-state index in [2.05, 4.69) is 14.5 Å². The summed E-state index contributed by atoms with van der Waals surface area (Å²) in [5.74, 6) is -13.4. The molecule has 16 heteroatoms. The van der Waals surface area contributed by atoms with Crippen molar-refractivity contribution in [3.63, 3.8) is 0 Å². The van der Waals surface area contributed by atoms with Crippen LogP contribution in [0.3, 0.4) is 0 Å². The van der Waals surface area contributed by atoms with E-state index in [9.17, 15) is 40.7 Å². The first-order chi connectivity index (χ1) is 18.1. The summed E-state index contributed by atoms with van der Waals surface area (Å²) in [4.78, 5) is 41.1. The van der Waals surface area contributed by atoms with Crippen LogP contribution in [0.4, 0.5) is 26.3 Å². The van der Waals surface area contributed by atoms with Crippen LogP contribution in [-0.2, 0) is 30.4 Å². The van der Waals surface area contributed by atoms with Gasteiger partial charge in [0.25, 0.3) is 0 Å². The maximum Gasteiger partial charge on any atom is 0.509 e. The molecule has 0 radical (unpaired) electrons. The van der Waals surface area contributed by atoms with Gasteiger partial charge in [-0.15, -0.1) is 0 Å². The zero-order chi connectivity index (χ0) is 29.0. The van der Waals surface area contributed by atoms with Gasteiger partial charge >= 0.3 is 36.2 Å². The Hall–Kier alpha value is -3.59. The molecule has 3 rings (SSSR count). The highest BCUT2D eigenvalue weighted by molar-refractivity contribution is 6.29. The predicted octanol–water partition coefficient (Wildman–Crippen LogP) is 3.84. The molecule has 2 N–H and O–H groups in total. The van der Waals surface area contributed by atoms with Crippen LogP contribution in [0.1, 0.15) is 29.9 Å². The normalized spacial score (nSPS) is 15.0. The highest BCUT2D eigenvalue weighted by atomic mass is 35.5. The molecule has 0 unspecified atom stereocenters. The standard InChI is InChI=1S/C23H20ClF6N3O6/c24-16-5-2-6-17(32-16)37-23(38-19(35)21(25,26)27,39-20(36)22(28,29)30)18(34)33-9-7-14(8-10-33)15-4-1-3-13(11-15)12-31/h1-6,11,14H,7-10,12,31H2. The molecular formula is C23H20ClF6N3O6. The van der Waals surface area contributed by atoms with Crippen molar-refractivity contribution in [1.82, 2.24) is 9.88 Å². The molecule has 0 aliphatic carbocycles. The Morgan fingerprint density at radius 3 is 2.03 bits per heavy atom. The van der Waals surface area contributed by atoms with Crippen molar-refractivity contribution in [3.05, 3.63) is 58.7 Å². The Morgan fingerprint density at radius 1 is 0.949 bits per heavy atom. The Kier molecular flexibility index (Phi) is 8.95. The van der Waals surface area contributed by atoms with Gasteiger partial charge in [0.15, 0.2) is 0 Å². The number of piperidine rings is 1. The van der Waals surface area contributed by atoms with Crippen molar-refractivity contribution in [2.75, 3.05) is 13.1 Å². The second kappa shape index (κ2) is 11.7. The van der Waals surface area contributed by atoms with Gasteiger partial charge in [-0.3, -0.25) is 4.79 Å². The third-order valence-corrected chi connectivity index (χ3v) is 5.76. The fraction of sp³-hybridized carbons (Fsp3) is 0.391. The number of rotatable bonds is 7. The number of hydrogen-bond acceptors (Lipinski definition) is 8. The molecule has 0 bridgehead atoms. The quantitative estimate of drug-likeness (QED) is 0.226. The topological polar surface area (TPSA) is 121 Å². The van der Waals surface area contributed by atoms with Gasteiger partial charge in [-0.25, -0.2) is 14.6 Å². The van der Waals surface area contributed by atoms with E-state index in [4.69, 9.17) is 22.1 Å². The molecule has 1 fully saturated rings. The van der Waals surface area contributed by atoms with Crippen LogP contribution >= 0.6 is 11.6 Å². The number of hydrogen-bond donors (Lipinski definition) is 1. The number of aromatic nitrogens is 1. The van der Waals surface area contributed by atoms with Crippen LogP contribution in [0, 0.1) is 0 Å². The molecule has 9 nitrogen and oxygen atoms in total. The van der Waals surface area contributed by atoms with E-state index >= 15 is 0 Å². The SMILES string of the molecule is NCc1cccc(C2CCN(C(=O)C(OC(=O)C(F)(F)F)(OC(=O)C(F)(F)F)Oc3cccc(Cl)n3)CC2)c1. The van der Waals surface area contributed by atoms with Gasteiger partial charge in [0, 0.05) is 25.7 Å². The monoisotopic (exact) mass is 583 g/mol. The number of halogens is 7. The number of amides is 1. The van der Waals surface area contributed by atoms with Crippen molar-refractivity contribution in [2.24, 2.45) is 5.73 Å². The third kappa shape index (κ3) is 7.50. The zero-order valence-electron chi connectivity index (χ0n) is 19.7. The molecular weight excluding hydrogens is 564 g/mol.